The zero-order valence-corrected chi connectivity index (χ0v) is 7.71. The minimum absolute atomic E-state index is 1.87. The smallest absolute Gasteiger partial charge is 0.0209 e. The molecule has 0 bridgehead atoms. The van der Waals surface area contributed by atoms with Gasteiger partial charge in [-0.25, -0.2) is 0 Å². The van der Waals surface area contributed by atoms with Gasteiger partial charge in [-0.05, 0) is 47.4 Å². The Morgan fingerprint density at radius 2 is 0.867 bits per heavy atom. The first kappa shape index (κ1) is 11.9. The van der Waals surface area contributed by atoms with E-state index in [0.717, 1.165) is 0 Å². The van der Waals surface area contributed by atoms with Crippen molar-refractivity contribution in [2.24, 2.45) is 0 Å². The molecule has 0 atom stereocenters. The first-order valence-corrected chi connectivity index (χ1v) is 3.60. The van der Waals surface area contributed by atoms with Gasteiger partial charge in [-0.15, -0.1) is 0 Å². The van der Waals surface area contributed by atoms with Gasteiger partial charge in [-0.2, -0.15) is 0 Å². The monoisotopic (exact) mass is 182 g/mol. The maximum absolute atomic E-state index is 6.45. The minimum atomic E-state index is 1.87. The predicted octanol–water partition coefficient (Wildman–Crippen LogP) is 0.431. The lowest BCUT2D eigenvalue weighted by molar-refractivity contribution is 2.31. The highest BCUT2D eigenvalue weighted by molar-refractivity contribution is 5.44. The molecule has 0 aromatic carbocycles. The van der Waals surface area contributed by atoms with E-state index in [1.807, 2.05) is 5.92 Å². The SMILES string of the molecule is [C]#CC#CC#CC#CC#CC#CC#C[CH2]. The van der Waals surface area contributed by atoms with Gasteiger partial charge in [0.25, 0.3) is 0 Å². The fourth-order valence-electron chi connectivity index (χ4n) is 0.357. The molecule has 0 aliphatic rings. The molecule has 0 saturated carbocycles. The van der Waals surface area contributed by atoms with Gasteiger partial charge in [0, 0.05) is 37.0 Å². The molecule has 0 rings (SSSR count). The van der Waals surface area contributed by atoms with Crippen LogP contribution in [0.25, 0.3) is 0 Å². The Bertz CT molecular complexity index is 614. The highest BCUT2D eigenvalue weighted by Gasteiger charge is 1.56. The molecule has 0 aliphatic carbocycles. The summed E-state index contributed by atoms with van der Waals surface area (Å²) in [6.45, 7) is 3.28. The van der Waals surface area contributed by atoms with Gasteiger partial charge in [0.1, 0.15) is 0 Å². The van der Waals surface area contributed by atoms with E-state index in [0.29, 0.717) is 0 Å². The maximum Gasteiger partial charge on any atom is 0.0209 e. The summed E-state index contributed by atoms with van der Waals surface area (Å²) in [6, 6.07) is 0. The predicted molar refractivity (Wildman–Crippen MR) is 59.1 cm³/mol. The molecule has 0 saturated heterocycles. The summed E-state index contributed by atoms with van der Waals surface area (Å²) in [5, 5.41) is 0. The maximum atomic E-state index is 6.45. The molecule has 62 valence electrons. The summed E-state index contributed by atoms with van der Waals surface area (Å²) in [4.78, 5) is 0. The summed E-state index contributed by atoms with van der Waals surface area (Å²) >= 11 is 0. The molecule has 0 unspecified atom stereocenters. The lowest BCUT2D eigenvalue weighted by atomic mass is 10.5. The molecule has 0 aromatic rings. The number of hydrogen-bond donors (Lipinski definition) is 0. The first-order chi connectivity index (χ1) is 7.41. The Kier molecular flexibility index (Phi) is 8.68. The fraction of sp³-hybridized carbons (Fsp3) is 0. The van der Waals surface area contributed by atoms with E-state index in [2.05, 4.69) is 78.0 Å². The van der Waals surface area contributed by atoms with Gasteiger partial charge in [-0.3, -0.25) is 0 Å². The van der Waals surface area contributed by atoms with Crippen LogP contribution in [0.4, 0.5) is 0 Å². The van der Waals surface area contributed by atoms with Crippen molar-refractivity contribution in [3.8, 4) is 77.0 Å². The fourth-order valence-corrected chi connectivity index (χ4v) is 0.357. The zero-order chi connectivity index (χ0) is 11.2. The third-order valence-corrected chi connectivity index (χ3v) is 0.776. The van der Waals surface area contributed by atoms with E-state index < -0.39 is 0 Å². The van der Waals surface area contributed by atoms with Crippen LogP contribution in [0.5, 0.6) is 0 Å². The largest absolute Gasteiger partial charge is 0.0881 e. The van der Waals surface area contributed by atoms with Crippen LogP contribution >= 0.6 is 0 Å². The molecular weight excluding hydrogens is 180 g/mol. The molecule has 0 spiro atoms. The van der Waals surface area contributed by atoms with Crippen LogP contribution in [0.15, 0.2) is 0 Å². The number of hydrogen-bond acceptors (Lipinski definition) is 0. The van der Waals surface area contributed by atoms with Crippen molar-refractivity contribution in [2.75, 3.05) is 0 Å². The van der Waals surface area contributed by atoms with E-state index in [4.69, 9.17) is 6.42 Å². The second kappa shape index (κ2) is 10.9. The number of rotatable bonds is 0. The Morgan fingerprint density at radius 3 is 1.20 bits per heavy atom. The summed E-state index contributed by atoms with van der Waals surface area (Å²) in [5.74, 6) is 30.8. The van der Waals surface area contributed by atoms with Crippen LogP contribution in [0.1, 0.15) is 0 Å². The third-order valence-electron chi connectivity index (χ3n) is 0.776. The third kappa shape index (κ3) is 10.9. The van der Waals surface area contributed by atoms with Crippen LogP contribution in [0.2, 0.25) is 0 Å². The second-order valence-electron chi connectivity index (χ2n) is 1.68. The summed E-state index contributed by atoms with van der Waals surface area (Å²) in [5.41, 5.74) is 0. The lowest BCUT2D eigenvalue weighted by Crippen LogP contribution is -1.55. The molecule has 15 heavy (non-hydrogen) atoms. The van der Waals surface area contributed by atoms with Gasteiger partial charge in [0.15, 0.2) is 0 Å². The van der Waals surface area contributed by atoms with Gasteiger partial charge in [0.05, 0.1) is 0 Å². The Hall–Kier alpha value is -3.08. The van der Waals surface area contributed by atoms with Crippen molar-refractivity contribution in [1.82, 2.24) is 0 Å². The molecule has 0 fully saturated rings. The average molecular weight is 182 g/mol. The van der Waals surface area contributed by atoms with Crippen LogP contribution < -0.4 is 0 Å². The normalized spacial score (nSPS) is 3.73. The summed E-state index contributed by atoms with van der Waals surface area (Å²) in [7, 11) is 0. The molecule has 2 radical (unpaired) electrons. The molecular formula is C15H2. The van der Waals surface area contributed by atoms with E-state index in [-0.39, 0.29) is 0 Å². The molecule has 0 aromatic heterocycles. The van der Waals surface area contributed by atoms with Crippen LogP contribution in [-0.4, -0.2) is 0 Å². The molecule has 0 heteroatoms. The standard InChI is InChI=1S/C15H2/c1-3-5-7-9-11-13-15-14-12-10-8-6-4-2/h1H2. The van der Waals surface area contributed by atoms with E-state index >= 15 is 0 Å². The topological polar surface area (TPSA) is 0 Å². The quantitative estimate of drug-likeness (QED) is 0.477. The van der Waals surface area contributed by atoms with E-state index in [9.17, 15) is 0 Å². The second-order valence-corrected chi connectivity index (χ2v) is 1.68. The highest BCUT2D eigenvalue weighted by Crippen LogP contribution is 1.56. The lowest BCUT2D eigenvalue weighted by Gasteiger charge is -1.55. The average Bonchev–Trinajstić information content (AvgIpc) is 2.26. The van der Waals surface area contributed by atoms with Crippen molar-refractivity contribution < 1.29 is 0 Å². The highest BCUT2D eigenvalue weighted by atomic mass is 13.6. The summed E-state index contributed by atoms with van der Waals surface area (Å²) < 4.78 is 0. The van der Waals surface area contributed by atoms with Gasteiger partial charge >= 0.3 is 0 Å². The molecule has 0 N–H and O–H groups in total. The van der Waals surface area contributed by atoms with Gasteiger partial charge < -0.3 is 0 Å². The molecule has 0 aliphatic heterocycles. The van der Waals surface area contributed by atoms with E-state index in [1.165, 1.54) is 0 Å². The van der Waals surface area contributed by atoms with Crippen molar-refractivity contribution in [3.05, 3.63) is 13.3 Å². The van der Waals surface area contributed by atoms with Gasteiger partial charge in [0.2, 0.25) is 0 Å². The Morgan fingerprint density at radius 1 is 0.533 bits per heavy atom. The molecule has 0 heterocycles. The Balaban J connectivity index is 4.21. The van der Waals surface area contributed by atoms with Crippen LogP contribution in [0, 0.1) is 90.3 Å². The van der Waals surface area contributed by atoms with Crippen LogP contribution in [-0.2, 0) is 0 Å². The van der Waals surface area contributed by atoms with Crippen LogP contribution in [0.3, 0.4) is 0 Å². The zero-order valence-electron chi connectivity index (χ0n) is 7.71. The van der Waals surface area contributed by atoms with Gasteiger partial charge in [-0.1, -0.05) is 5.92 Å². The molecule has 0 nitrogen and oxygen atoms in total. The van der Waals surface area contributed by atoms with E-state index in [1.54, 1.807) is 0 Å². The van der Waals surface area contributed by atoms with Crippen molar-refractivity contribution in [2.45, 2.75) is 0 Å². The summed E-state index contributed by atoms with van der Waals surface area (Å²) in [6.07, 6.45) is 6.45. The van der Waals surface area contributed by atoms with Crippen molar-refractivity contribution in [3.63, 3.8) is 0 Å². The van der Waals surface area contributed by atoms with Crippen molar-refractivity contribution >= 4 is 0 Å². The Labute approximate surface area is 90.8 Å². The minimum Gasteiger partial charge on any atom is -0.0881 e. The van der Waals surface area contributed by atoms with Crippen molar-refractivity contribution in [1.29, 1.82) is 0 Å². The molecule has 0 amide bonds. The first-order valence-electron chi connectivity index (χ1n) is 3.60.